The molecular formula is C14H11BrN2OS. The van der Waals surface area contributed by atoms with E-state index < -0.39 is 0 Å². The number of nitriles is 1. The topological polar surface area (TPSA) is 59.0 Å². The van der Waals surface area contributed by atoms with Crippen LogP contribution in [0.15, 0.2) is 40.2 Å². The molecule has 0 amide bonds. The van der Waals surface area contributed by atoms with Crippen molar-refractivity contribution in [1.29, 1.82) is 5.26 Å². The molecule has 3 nitrogen and oxygen atoms in total. The summed E-state index contributed by atoms with van der Waals surface area (Å²) in [5.41, 5.74) is 7.85. The molecule has 1 heterocycles. The van der Waals surface area contributed by atoms with E-state index in [4.69, 9.17) is 10.5 Å². The molecule has 0 aliphatic carbocycles. The smallest absolute Gasteiger partial charge is 0.133 e. The summed E-state index contributed by atoms with van der Waals surface area (Å²) in [7, 11) is 1.60. The number of allylic oxidation sites excluding steroid dienone is 1. The Morgan fingerprint density at radius 1 is 1.42 bits per heavy atom. The van der Waals surface area contributed by atoms with Gasteiger partial charge in [-0.15, -0.1) is 11.3 Å². The first kappa shape index (κ1) is 13.7. The van der Waals surface area contributed by atoms with Gasteiger partial charge in [0.25, 0.3) is 0 Å². The number of hydrogen-bond donors (Lipinski definition) is 1. The number of thiophene rings is 1. The van der Waals surface area contributed by atoms with Gasteiger partial charge in [-0.25, -0.2) is 0 Å². The summed E-state index contributed by atoms with van der Waals surface area (Å²) >= 11 is 4.91. The molecule has 0 atom stereocenters. The number of ether oxygens (including phenoxy) is 1. The maximum atomic E-state index is 9.28. The highest BCUT2D eigenvalue weighted by Gasteiger charge is 2.11. The van der Waals surface area contributed by atoms with Gasteiger partial charge in [0, 0.05) is 10.4 Å². The van der Waals surface area contributed by atoms with Crippen LogP contribution in [0.5, 0.6) is 5.75 Å². The van der Waals surface area contributed by atoms with Gasteiger partial charge in [0.1, 0.15) is 11.8 Å². The standard InChI is InChI=1S/C14H11BrN2OS/c1-18-12-5-4-9(7-11(12)15)14(17)10(8-16)13-3-2-6-19-13/h2-7H,17H2,1H3/b14-10+. The number of hydrogen-bond acceptors (Lipinski definition) is 4. The van der Waals surface area contributed by atoms with Gasteiger partial charge in [-0.05, 0) is 45.6 Å². The Morgan fingerprint density at radius 3 is 2.74 bits per heavy atom. The van der Waals surface area contributed by atoms with Crippen molar-refractivity contribution in [3.63, 3.8) is 0 Å². The first-order valence-corrected chi connectivity index (χ1v) is 7.12. The van der Waals surface area contributed by atoms with Crippen LogP contribution in [-0.4, -0.2) is 7.11 Å². The minimum absolute atomic E-state index is 0.466. The summed E-state index contributed by atoms with van der Waals surface area (Å²) in [6, 6.07) is 11.4. The van der Waals surface area contributed by atoms with Crippen LogP contribution in [0.2, 0.25) is 0 Å². The molecule has 0 saturated heterocycles. The lowest BCUT2D eigenvalue weighted by molar-refractivity contribution is 0.412. The first-order chi connectivity index (χ1) is 9.17. The SMILES string of the molecule is COc1ccc(/C(N)=C(/C#N)c2cccs2)cc1Br. The summed E-state index contributed by atoms with van der Waals surface area (Å²) in [6.45, 7) is 0. The maximum absolute atomic E-state index is 9.28. The first-order valence-electron chi connectivity index (χ1n) is 5.45. The van der Waals surface area contributed by atoms with Gasteiger partial charge >= 0.3 is 0 Å². The lowest BCUT2D eigenvalue weighted by atomic mass is 10.1. The Labute approximate surface area is 124 Å². The van der Waals surface area contributed by atoms with Crippen molar-refractivity contribution in [3.05, 3.63) is 50.6 Å². The van der Waals surface area contributed by atoms with Crippen molar-refractivity contribution in [2.24, 2.45) is 5.73 Å². The van der Waals surface area contributed by atoms with E-state index in [1.165, 1.54) is 11.3 Å². The molecular weight excluding hydrogens is 324 g/mol. The fourth-order valence-corrected chi connectivity index (χ4v) is 2.92. The second-order valence-electron chi connectivity index (χ2n) is 3.73. The maximum Gasteiger partial charge on any atom is 0.133 e. The molecule has 1 aromatic heterocycles. The molecule has 0 spiro atoms. The average Bonchev–Trinajstić information content (AvgIpc) is 2.93. The molecule has 19 heavy (non-hydrogen) atoms. The average molecular weight is 335 g/mol. The van der Waals surface area contributed by atoms with Gasteiger partial charge in [-0.2, -0.15) is 5.26 Å². The van der Waals surface area contributed by atoms with E-state index in [1.807, 2.05) is 35.7 Å². The van der Waals surface area contributed by atoms with E-state index in [0.717, 1.165) is 20.7 Å². The Morgan fingerprint density at radius 2 is 2.21 bits per heavy atom. The van der Waals surface area contributed by atoms with E-state index in [1.54, 1.807) is 7.11 Å². The summed E-state index contributed by atoms with van der Waals surface area (Å²) < 4.78 is 5.98. The lowest BCUT2D eigenvalue weighted by Crippen LogP contribution is -2.00. The van der Waals surface area contributed by atoms with Gasteiger partial charge in [-0.1, -0.05) is 6.07 Å². The van der Waals surface area contributed by atoms with Gasteiger partial charge in [-0.3, -0.25) is 0 Å². The summed E-state index contributed by atoms with van der Waals surface area (Å²) in [5, 5.41) is 11.2. The minimum atomic E-state index is 0.466. The predicted octanol–water partition coefficient (Wildman–Crippen LogP) is 3.87. The summed E-state index contributed by atoms with van der Waals surface area (Å²) in [5.74, 6) is 0.728. The number of rotatable bonds is 3. The van der Waals surface area contributed by atoms with Gasteiger partial charge in [0.2, 0.25) is 0 Å². The zero-order valence-corrected chi connectivity index (χ0v) is 12.6. The number of nitrogens with zero attached hydrogens (tertiary/aromatic N) is 1. The van der Waals surface area contributed by atoms with E-state index in [-0.39, 0.29) is 0 Å². The second-order valence-corrected chi connectivity index (χ2v) is 5.53. The van der Waals surface area contributed by atoms with Crippen molar-refractivity contribution in [2.45, 2.75) is 0 Å². The fraction of sp³-hybridized carbons (Fsp3) is 0.0714. The molecule has 0 aliphatic heterocycles. The highest BCUT2D eigenvalue weighted by molar-refractivity contribution is 9.10. The molecule has 0 unspecified atom stereocenters. The zero-order chi connectivity index (χ0) is 13.8. The Bertz CT molecular complexity index is 657. The van der Waals surface area contributed by atoms with E-state index in [2.05, 4.69) is 22.0 Å². The molecule has 0 saturated carbocycles. The van der Waals surface area contributed by atoms with Crippen LogP contribution in [0.25, 0.3) is 11.3 Å². The number of benzene rings is 1. The molecule has 0 fully saturated rings. The van der Waals surface area contributed by atoms with Crippen LogP contribution in [0.3, 0.4) is 0 Å². The minimum Gasteiger partial charge on any atom is -0.496 e. The molecule has 1 aromatic carbocycles. The van der Waals surface area contributed by atoms with Crippen molar-refractivity contribution in [3.8, 4) is 11.8 Å². The van der Waals surface area contributed by atoms with Crippen molar-refractivity contribution >= 4 is 38.5 Å². The Hall–Kier alpha value is -1.77. The van der Waals surface area contributed by atoms with E-state index in [9.17, 15) is 5.26 Å². The second kappa shape index (κ2) is 5.91. The molecule has 2 rings (SSSR count). The van der Waals surface area contributed by atoms with E-state index in [0.29, 0.717) is 11.3 Å². The number of nitrogens with two attached hydrogens (primary N) is 1. The van der Waals surface area contributed by atoms with Crippen LogP contribution in [0.4, 0.5) is 0 Å². The van der Waals surface area contributed by atoms with Crippen LogP contribution in [-0.2, 0) is 0 Å². The Kier molecular flexibility index (Phi) is 4.25. The van der Waals surface area contributed by atoms with Crippen LogP contribution < -0.4 is 10.5 Å². The Balaban J connectivity index is 2.51. The van der Waals surface area contributed by atoms with Gasteiger partial charge < -0.3 is 10.5 Å². The summed E-state index contributed by atoms with van der Waals surface area (Å²) in [4.78, 5) is 0.868. The molecule has 0 bridgehead atoms. The third-order valence-electron chi connectivity index (χ3n) is 2.61. The highest BCUT2D eigenvalue weighted by Crippen LogP contribution is 2.30. The van der Waals surface area contributed by atoms with Gasteiger partial charge in [0.05, 0.1) is 22.9 Å². The molecule has 96 valence electrons. The van der Waals surface area contributed by atoms with Crippen molar-refractivity contribution in [1.82, 2.24) is 0 Å². The summed E-state index contributed by atoms with van der Waals surface area (Å²) in [6.07, 6.45) is 0. The quantitative estimate of drug-likeness (QED) is 0.866. The van der Waals surface area contributed by atoms with Crippen molar-refractivity contribution in [2.75, 3.05) is 7.11 Å². The van der Waals surface area contributed by atoms with Crippen LogP contribution in [0, 0.1) is 11.3 Å². The third kappa shape index (κ3) is 2.80. The van der Waals surface area contributed by atoms with Crippen LogP contribution >= 0.6 is 27.3 Å². The van der Waals surface area contributed by atoms with Gasteiger partial charge in [0.15, 0.2) is 0 Å². The lowest BCUT2D eigenvalue weighted by Gasteiger charge is -2.08. The molecule has 2 N–H and O–H groups in total. The molecule has 5 heteroatoms. The number of methoxy groups -OCH3 is 1. The largest absolute Gasteiger partial charge is 0.496 e. The molecule has 0 radical (unpaired) electrons. The third-order valence-corrected chi connectivity index (χ3v) is 4.12. The van der Waals surface area contributed by atoms with Crippen molar-refractivity contribution < 1.29 is 4.74 Å². The zero-order valence-electron chi connectivity index (χ0n) is 10.2. The molecule has 0 aliphatic rings. The predicted molar refractivity (Wildman–Crippen MR) is 81.6 cm³/mol. The number of halogens is 1. The fourth-order valence-electron chi connectivity index (χ4n) is 1.65. The molecule has 2 aromatic rings. The monoisotopic (exact) mass is 334 g/mol. The van der Waals surface area contributed by atoms with Crippen LogP contribution in [0.1, 0.15) is 10.4 Å². The normalized spacial score (nSPS) is 11.6. The van der Waals surface area contributed by atoms with E-state index >= 15 is 0 Å². The highest BCUT2D eigenvalue weighted by atomic mass is 79.9.